The molecule has 0 saturated heterocycles. The first-order valence-corrected chi connectivity index (χ1v) is 7.54. The molecule has 0 spiro atoms. The second-order valence-electron chi connectivity index (χ2n) is 4.09. The van der Waals surface area contributed by atoms with E-state index in [0.29, 0.717) is 11.1 Å². The van der Waals surface area contributed by atoms with Gasteiger partial charge in [-0.25, -0.2) is 9.78 Å². The Labute approximate surface area is 151 Å². The third kappa shape index (κ3) is 2.94. The van der Waals surface area contributed by atoms with E-state index in [1.807, 2.05) is 0 Å². The summed E-state index contributed by atoms with van der Waals surface area (Å²) < 4.78 is 4.64. The fourth-order valence-electron chi connectivity index (χ4n) is 1.74. The first-order valence-electron chi connectivity index (χ1n) is 5.65. The molecule has 0 fully saturated rings. The number of pyridine rings is 1. The van der Waals surface area contributed by atoms with Gasteiger partial charge in [0.2, 0.25) is 0 Å². The molecule has 1 heterocycles. The van der Waals surface area contributed by atoms with E-state index in [9.17, 15) is 4.79 Å². The number of methoxy groups -OCH3 is 1. The molecule has 22 heavy (non-hydrogen) atoms. The highest BCUT2D eigenvalue weighted by molar-refractivity contribution is 6.56. The Hall–Kier alpha value is -0.910. The molecule has 2 rings (SSSR count). The predicted octanol–water partition coefficient (Wildman–Crippen LogP) is 5.38. The minimum absolute atomic E-state index is 0.00834. The van der Waals surface area contributed by atoms with E-state index < -0.39 is 5.97 Å². The van der Waals surface area contributed by atoms with Crippen molar-refractivity contribution in [3.05, 3.63) is 42.9 Å². The third-order valence-electron chi connectivity index (χ3n) is 2.82. The van der Waals surface area contributed by atoms with Crippen LogP contribution in [0.25, 0.3) is 11.1 Å². The van der Waals surface area contributed by atoms with E-state index in [2.05, 4.69) is 9.72 Å². The Morgan fingerprint density at radius 3 is 2.05 bits per heavy atom. The van der Waals surface area contributed by atoms with Crippen molar-refractivity contribution in [3.8, 4) is 11.1 Å². The third-order valence-corrected chi connectivity index (χ3v) is 5.10. The summed E-state index contributed by atoms with van der Waals surface area (Å²) in [5.74, 6) is -0.640. The summed E-state index contributed by atoms with van der Waals surface area (Å²) in [6.45, 7) is 0. The number of ether oxygens (including phenoxy) is 1. The van der Waals surface area contributed by atoms with Crippen LogP contribution in [-0.4, -0.2) is 18.1 Å². The van der Waals surface area contributed by atoms with Crippen molar-refractivity contribution >= 4 is 69.8 Å². The van der Waals surface area contributed by atoms with Crippen molar-refractivity contribution < 1.29 is 9.53 Å². The number of nitrogen functional groups attached to an aromatic ring is 1. The molecule has 116 valence electrons. The monoisotopic (exact) mass is 398 g/mol. The summed E-state index contributed by atoms with van der Waals surface area (Å²) in [7, 11) is 1.23. The number of aromatic nitrogens is 1. The van der Waals surface area contributed by atoms with Crippen molar-refractivity contribution in [2.75, 3.05) is 12.8 Å². The topological polar surface area (TPSA) is 65.2 Å². The van der Waals surface area contributed by atoms with Gasteiger partial charge in [-0.05, 0) is 6.07 Å². The summed E-state index contributed by atoms with van der Waals surface area (Å²) in [6, 6.07) is 1.43. The largest absolute Gasteiger partial charge is 0.465 e. The average Bonchev–Trinajstić information content (AvgIpc) is 2.52. The first kappa shape index (κ1) is 17.4. The molecular formula is C13H7Cl5N2O2. The van der Waals surface area contributed by atoms with Crippen LogP contribution in [0.15, 0.2) is 12.3 Å². The van der Waals surface area contributed by atoms with E-state index in [1.54, 1.807) is 0 Å². The van der Waals surface area contributed by atoms with Crippen LogP contribution in [0.2, 0.25) is 25.1 Å². The lowest BCUT2D eigenvalue weighted by atomic mass is 10.1. The number of anilines is 1. The highest BCUT2D eigenvalue weighted by atomic mass is 35.5. The summed E-state index contributed by atoms with van der Waals surface area (Å²) in [6.07, 6.45) is 1.38. The maximum absolute atomic E-state index is 11.7. The fraction of sp³-hybridized carbons (Fsp3) is 0.0769. The number of nitrogens with zero attached hydrogens (tertiary/aromatic N) is 1. The van der Waals surface area contributed by atoms with Crippen LogP contribution < -0.4 is 5.73 Å². The Kier molecular flexibility index (Phi) is 5.30. The van der Waals surface area contributed by atoms with Gasteiger partial charge in [-0.15, -0.1) is 0 Å². The van der Waals surface area contributed by atoms with Gasteiger partial charge in [0.05, 0.1) is 32.2 Å². The molecule has 0 aliphatic carbocycles. The Balaban J connectivity index is 2.76. The molecule has 0 saturated carbocycles. The molecule has 9 heteroatoms. The first-order chi connectivity index (χ1) is 10.3. The molecule has 0 bridgehead atoms. The highest BCUT2D eigenvalue weighted by Gasteiger charge is 2.22. The van der Waals surface area contributed by atoms with Crippen LogP contribution >= 0.6 is 58.0 Å². The summed E-state index contributed by atoms with van der Waals surface area (Å²) in [5, 5.41) is 0.305. The quantitative estimate of drug-likeness (QED) is 0.417. The SMILES string of the molecule is COC(=O)c1cc(-c2c(Cl)c(Cl)c(Cl)c(Cl)c2Cl)cnc1N. The van der Waals surface area contributed by atoms with Gasteiger partial charge in [0.1, 0.15) is 11.4 Å². The van der Waals surface area contributed by atoms with Crippen molar-refractivity contribution in [1.82, 2.24) is 4.98 Å². The molecular weight excluding hydrogens is 393 g/mol. The smallest absolute Gasteiger partial charge is 0.341 e. The molecule has 0 atom stereocenters. The number of hydrogen-bond donors (Lipinski definition) is 1. The molecule has 1 aromatic heterocycles. The Morgan fingerprint density at radius 2 is 1.55 bits per heavy atom. The van der Waals surface area contributed by atoms with Crippen LogP contribution in [0.4, 0.5) is 5.82 Å². The van der Waals surface area contributed by atoms with E-state index in [1.165, 1.54) is 19.4 Å². The fourth-order valence-corrected chi connectivity index (χ4v) is 3.10. The number of carbonyl (C=O) groups excluding carboxylic acids is 1. The van der Waals surface area contributed by atoms with Crippen LogP contribution in [0.5, 0.6) is 0 Å². The molecule has 0 radical (unpaired) electrons. The molecule has 2 aromatic rings. The van der Waals surface area contributed by atoms with Crippen LogP contribution in [-0.2, 0) is 4.74 Å². The van der Waals surface area contributed by atoms with Gasteiger partial charge < -0.3 is 10.5 Å². The maximum atomic E-state index is 11.7. The molecule has 0 amide bonds. The Bertz CT molecular complexity index is 751. The van der Waals surface area contributed by atoms with Gasteiger partial charge in [-0.1, -0.05) is 58.0 Å². The highest BCUT2D eigenvalue weighted by Crippen LogP contribution is 2.48. The van der Waals surface area contributed by atoms with Crippen molar-refractivity contribution in [2.24, 2.45) is 0 Å². The van der Waals surface area contributed by atoms with Gasteiger partial charge >= 0.3 is 5.97 Å². The van der Waals surface area contributed by atoms with Gasteiger partial charge in [0.25, 0.3) is 0 Å². The number of rotatable bonds is 2. The second-order valence-corrected chi connectivity index (χ2v) is 5.98. The second kappa shape index (κ2) is 6.69. The van der Waals surface area contributed by atoms with Gasteiger partial charge in [-0.3, -0.25) is 0 Å². The summed E-state index contributed by atoms with van der Waals surface area (Å²) >= 11 is 30.4. The van der Waals surface area contributed by atoms with E-state index in [0.717, 1.165) is 0 Å². The number of nitrogens with two attached hydrogens (primary N) is 1. The molecule has 4 nitrogen and oxygen atoms in total. The van der Waals surface area contributed by atoms with Crippen molar-refractivity contribution in [3.63, 3.8) is 0 Å². The number of carbonyl (C=O) groups is 1. The molecule has 0 unspecified atom stereocenters. The number of halogens is 5. The van der Waals surface area contributed by atoms with Gasteiger partial charge in [0, 0.05) is 17.3 Å². The van der Waals surface area contributed by atoms with Crippen molar-refractivity contribution in [2.45, 2.75) is 0 Å². The average molecular weight is 400 g/mol. The molecule has 1 aromatic carbocycles. The van der Waals surface area contributed by atoms with E-state index in [-0.39, 0.29) is 36.5 Å². The normalized spacial score (nSPS) is 10.6. The van der Waals surface area contributed by atoms with Gasteiger partial charge in [0.15, 0.2) is 0 Å². The standard InChI is InChI=1S/C13H7Cl5N2O2/c1-22-13(21)5-2-4(3-20-12(5)19)6-7(14)9(16)11(18)10(17)8(6)15/h2-3H,1H3,(H2,19,20). The maximum Gasteiger partial charge on any atom is 0.341 e. The predicted molar refractivity (Wildman–Crippen MR) is 90.5 cm³/mol. The van der Waals surface area contributed by atoms with Gasteiger partial charge in [-0.2, -0.15) is 0 Å². The minimum Gasteiger partial charge on any atom is -0.465 e. The van der Waals surface area contributed by atoms with E-state index in [4.69, 9.17) is 63.7 Å². The minimum atomic E-state index is -0.648. The van der Waals surface area contributed by atoms with Crippen LogP contribution in [0.3, 0.4) is 0 Å². The lowest BCUT2D eigenvalue weighted by Crippen LogP contribution is -2.07. The lowest BCUT2D eigenvalue weighted by molar-refractivity contribution is 0.0601. The molecule has 0 aliphatic rings. The number of benzene rings is 1. The number of esters is 1. The zero-order valence-electron chi connectivity index (χ0n) is 10.9. The Morgan fingerprint density at radius 1 is 1.05 bits per heavy atom. The van der Waals surface area contributed by atoms with Crippen LogP contribution in [0, 0.1) is 0 Å². The zero-order valence-corrected chi connectivity index (χ0v) is 14.7. The van der Waals surface area contributed by atoms with Crippen molar-refractivity contribution in [1.29, 1.82) is 0 Å². The molecule has 2 N–H and O–H groups in total. The van der Waals surface area contributed by atoms with Crippen LogP contribution in [0.1, 0.15) is 10.4 Å². The summed E-state index contributed by atoms with van der Waals surface area (Å²) in [5.41, 5.74) is 6.40. The number of hydrogen-bond acceptors (Lipinski definition) is 4. The zero-order chi connectivity index (χ0) is 16.6. The van der Waals surface area contributed by atoms with E-state index >= 15 is 0 Å². The lowest BCUT2D eigenvalue weighted by Gasteiger charge is -2.13. The summed E-state index contributed by atoms with van der Waals surface area (Å²) in [4.78, 5) is 15.6. The molecule has 0 aliphatic heterocycles.